The van der Waals surface area contributed by atoms with Crippen molar-refractivity contribution in [1.82, 2.24) is 10.6 Å². The molecule has 2 aliphatic rings. The summed E-state index contributed by atoms with van der Waals surface area (Å²) >= 11 is 0. The second-order valence-corrected chi connectivity index (χ2v) is 8.01. The third kappa shape index (κ3) is 6.30. The van der Waals surface area contributed by atoms with Gasteiger partial charge in [0.15, 0.2) is 0 Å². The van der Waals surface area contributed by atoms with Gasteiger partial charge in [-0.1, -0.05) is 6.42 Å². The molecule has 1 heterocycles. The Kier molecular flexibility index (Phi) is 6.90. The third-order valence-corrected chi connectivity index (χ3v) is 4.72. The molecule has 0 aromatic rings. The number of carbonyl (C=O) groups is 2. The quantitative estimate of drug-likeness (QED) is 0.806. The van der Waals surface area contributed by atoms with Crippen molar-refractivity contribution in [2.75, 3.05) is 26.3 Å². The molecule has 1 aliphatic heterocycles. The smallest absolute Gasteiger partial charge is 0.407 e. The van der Waals surface area contributed by atoms with E-state index in [0.29, 0.717) is 19.0 Å². The molecule has 138 valence electrons. The van der Waals surface area contributed by atoms with Crippen LogP contribution in [0.5, 0.6) is 0 Å². The Hall–Kier alpha value is -1.30. The molecule has 0 aromatic heterocycles. The molecule has 6 heteroatoms. The minimum absolute atomic E-state index is 0.00977. The lowest BCUT2D eigenvalue weighted by molar-refractivity contribution is -0.126. The van der Waals surface area contributed by atoms with Gasteiger partial charge in [0, 0.05) is 25.6 Å². The fourth-order valence-electron chi connectivity index (χ4n) is 3.50. The van der Waals surface area contributed by atoms with Gasteiger partial charge in [0.2, 0.25) is 5.91 Å². The highest BCUT2D eigenvalue weighted by atomic mass is 16.6. The fourth-order valence-corrected chi connectivity index (χ4v) is 3.50. The van der Waals surface area contributed by atoms with Crippen molar-refractivity contribution in [1.29, 1.82) is 0 Å². The van der Waals surface area contributed by atoms with Crippen LogP contribution in [0, 0.1) is 17.8 Å². The first-order chi connectivity index (χ1) is 11.3. The van der Waals surface area contributed by atoms with Crippen LogP contribution in [0.3, 0.4) is 0 Å². The first-order valence-electron chi connectivity index (χ1n) is 9.17. The van der Waals surface area contributed by atoms with E-state index in [4.69, 9.17) is 9.47 Å². The van der Waals surface area contributed by atoms with Crippen LogP contribution in [-0.4, -0.2) is 43.9 Å². The van der Waals surface area contributed by atoms with Crippen molar-refractivity contribution in [3.05, 3.63) is 0 Å². The van der Waals surface area contributed by atoms with Gasteiger partial charge in [0.05, 0.1) is 6.61 Å². The summed E-state index contributed by atoms with van der Waals surface area (Å²) in [5.74, 6) is 0.737. The van der Waals surface area contributed by atoms with Crippen molar-refractivity contribution < 1.29 is 19.1 Å². The van der Waals surface area contributed by atoms with Gasteiger partial charge in [0.1, 0.15) is 5.60 Å². The van der Waals surface area contributed by atoms with Crippen LogP contribution in [-0.2, 0) is 14.3 Å². The second kappa shape index (κ2) is 8.70. The van der Waals surface area contributed by atoms with E-state index < -0.39 is 11.7 Å². The monoisotopic (exact) mass is 340 g/mol. The highest BCUT2D eigenvalue weighted by Gasteiger charge is 2.33. The molecule has 2 amide bonds. The summed E-state index contributed by atoms with van der Waals surface area (Å²) in [6.07, 6.45) is 4.69. The number of carbonyl (C=O) groups excluding carboxylic acids is 2. The van der Waals surface area contributed by atoms with E-state index in [9.17, 15) is 9.59 Å². The summed E-state index contributed by atoms with van der Waals surface area (Å²) in [7, 11) is 0. The minimum atomic E-state index is -0.501. The van der Waals surface area contributed by atoms with E-state index in [1.807, 2.05) is 20.8 Å². The van der Waals surface area contributed by atoms with E-state index >= 15 is 0 Å². The van der Waals surface area contributed by atoms with Crippen LogP contribution in [0.15, 0.2) is 0 Å². The molecular formula is C18H32N2O4. The lowest BCUT2D eigenvalue weighted by atomic mass is 9.94. The number of hydrogen-bond donors (Lipinski definition) is 2. The van der Waals surface area contributed by atoms with E-state index in [-0.39, 0.29) is 17.7 Å². The Bertz CT molecular complexity index is 427. The largest absolute Gasteiger partial charge is 0.444 e. The van der Waals surface area contributed by atoms with Crippen molar-refractivity contribution in [2.45, 2.75) is 58.5 Å². The topological polar surface area (TPSA) is 76.7 Å². The van der Waals surface area contributed by atoms with Crippen molar-refractivity contribution >= 4 is 12.0 Å². The van der Waals surface area contributed by atoms with E-state index in [1.54, 1.807) is 0 Å². The van der Waals surface area contributed by atoms with Gasteiger partial charge in [0.25, 0.3) is 0 Å². The number of alkyl carbamates (subject to hydrolysis) is 1. The maximum atomic E-state index is 12.5. The molecule has 0 bridgehead atoms. The molecule has 2 fully saturated rings. The van der Waals surface area contributed by atoms with Crippen LogP contribution in [0.25, 0.3) is 0 Å². The number of amides is 2. The van der Waals surface area contributed by atoms with Crippen LogP contribution in [0.2, 0.25) is 0 Å². The Labute approximate surface area is 145 Å². The molecule has 1 saturated heterocycles. The van der Waals surface area contributed by atoms with E-state index in [1.165, 1.54) is 0 Å². The Morgan fingerprint density at radius 3 is 2.54 bits per heavy atom. The normalized spacial score (nSPS) is 27.5. The molecule has 0 aromatic carbocycles. The zero-order valence-electron chi connectivity index (χ0n) is 15.2. The van der Waals surface area contributed by atoms with Gasteiger partial charge in [-0.2, -0.15) is 0 Å². The predicted molar refractivity (Wildman–Crippen MR) is 91.6 cm³/mol. The second-order valence-electron chi connectivity index (χ2n) is 8.01. The highest BCUT2D eigenvalue weighted by molar-refractivity contribution is 5.79. The van der Waals surface area contributed by atoms with Gasteiger partial charge in [-0.15, -0.1) is 0 Å². The van der Waals surface area contributed by atoms with Crippen LogP contribution < -0.4 is 10.6 Å². The maximum absolute atomic E-state index is 12.5. The van der Waals surface area contributed by atoms with E-state index in [2.05, 4.69) is 10.6 Å². The van der Waals surface area contributed by atoms with E-state index in [0.717, 1.165) is 45.3 Å². The molecule has 1 aliphatic carbocycles. The van der Waals surface area contributed by atoms with Crippen molar-refractivity contribution in [3.8, 4) is 0 Å². The molecule has 1 unspecified atom stereocenters. The number of hydrogen-bond acceptors (Lipinski definition) is 4. The number of ether oxygens (including phenoxy) is 2. The van der Waals surface area contributed by atoms with Crippen LogP contribution in [0.1, 0.15) is 52.9 Å². The number of nitrogens with one attached hydrogen (secondary N) is 2. The predicted octanol–water partition coefficient (Wildman–Crippen LogP) is 2.47. The van der Waals surface area contributed by atoms with Crippen molar-refractivity contribution in [3.63, 3.8) is 0 Å². The molecule has 0 spiro atoms. The molecule has 2 N–H and O–H groups in total. The lowest BCUT2D eigenvalue weighted by Gasteiger charge is -2.25. The van der Waals surface area contributed by atoms with Crippen LogP contribution >= 0.6 is 0 Å². The summed E-state index contributed by atoms with van der Waals surface area (Å²) < 4.78 is 10.7. The summed E-state index contributed by atoms with van der Waals surface area (Å²) in [6.45, 7) is 8.30. The Morgan fingerprint density at radius 1 is 1.08 bits per heavy atom. The zero-order chi connectivity index (χ0) is 17.6. The Balaban J connectivity index is 1.72. The maximum Gasteiger partial charge on any atom is 0.407 e. The molecule has 24 heavy (non-hydrogen) atoms. The van der Waals surface area contributed by atoms with Gasteiger partial charge in [-0.05, 0) is 58.3 Å². The minimum Gasteiger partial charge on any atom is -0.444 e. The Morgan fingerprint density at radius 2 is 1.88 bits per heavy atom. The average Bonchev–Trinajstić information content (AvgIpc) is 2.98. The van der Waals surface area contributed by atoms with Gasteiger partial charge in [-0.25, -0.2) is 4.79 Å². The first kappa shape index (κ1) is 19.0. The summed E-state index contributed by atoms with van der Waals surface area (Å²) in [5, 5.41) is 5.90. The third-order valence-electron chi connectivity index (χ3n) is 4.72. The molecule has 3 atom stereocenters. The number of rotatable bonds is 5. The van der Waals surface area contributed by atoms with Gasteiger partial charge >= 0.3 is 6.09 Å². The van der Waals surface area contributed by atoms with Crippen LogP contribution in [0.4, 0.5) is 4.79 Å². The summed E-state index contributed by atoms with van der Waals surface area (Å²) in [5.41, 5.74) is -0.501. The lowest BCUT2D eigenvalue weighted by Crippen LogP contribution is -2.41. The molecule has 0 radical (unpaired) electrons. The summed E-state index contributed by atoms with van der Waals surface area (Å²) in [4.78, 5) is 24.3. The highest BCUT2D eigenvalue weighted by Crippen LogP contribution is 2.31. The summed E-state index contributed by atoms with van der Waals surface area (Å²) in [6, 6.07) is 0. The average molecular weight is 340 g/mol. The molecular weight excluding hydrogens is 308 g/mol. The first-order valence-corrected chi connectivity index (χ1v) is 9.17. The van der Waals surface area contributed by atoms with Crippen molar-refractivity contribution in [2.24, 2.45) is 17.8 Å². The molecule has 6 nitrogen and oxygen atoms in total. The fraction of sp³-hybridized carbons (Fsp3) is 0.889. The standard InChI is InChI=1S/C18H32N2O4/c1-18(2,3)24-17(22)20-11-14-7-4-8-15(14)16(21)19-10-13-6-5-9-23-12-13/h13-15H,4-12H2,1-3H3,(H,19,21)(H,20,22)/t13?,14-,15-/m1/s1. The molecule has 2 rings (SSSR count). The molecule has 1 saturated carbocycles. The SMILES string of the molecule is CC(C)(C)OC(=O)NC[C@H]1CCC[C@H]1C(=O)NCC1CCCOC1. The zero-order valence-corrected chi connectivity index (χ0v) is 15.2. The van der Waals surface area contributed by atoms with Gasteiger partial charge in [-0.3, -0.25) is 4.79 Å². The van der Waals surface area contributed by atoms with Gasteiger partial charge < -0.3 is 20.1 Å².